The highest BCUT2D eigenvalue weighted by atomic mass is 16.2. The van der Waals surface area contributed by atoms with Crippen LogP contribution in [0.2, 0.25) is 0 Å². The highest BCUT2D eigenvalue weighted by molar-refractivity contribution is 5.98. The molecule has 0 aromatic carbocycles. The van der Waals surface area contributed by atoms with Crippen molar-refractivity contribution in [3.05, 3.63) is 11.8 Å². The first kappa shape index (κ1) is 11.0. The zero-order chi connectivity index (χ0) is 11.7. The number of aromatic nitrogens is 2. The maximum atomic E-state index is 12.2. The standard InChI is InChI=1S/C11H18N4O/c1-14(8-5-3-4-6-8)11(16)9-7-13-15(2)10(9)12/h7-8H,3-6,12H2,1-2H3. The summed E-state index contributed by atoms with van der Waals surface area (Å²) in [6.07, 6.45) is 6.17. The van der Waals surface area contributed by atoms with Gasteiger partial charge in [0.1, 0.15) is 11.4 Å². The summed E-state index contributed by atoms with van der Waals surface area (Å²) >= 11 is 0. The number of carbonyl (C=O) groups is 1. The molecule has 2 N–H and O–H groups in total. The molecule has 1 aliphatic rings. The Balaban J connectivity index is 2.15. The smallest absolute Gasteiger partial charge is 0.259 e. The summed E-state index contributed by atoms with van der Waals surface area (Å²) in [6, 6.07) is 0.368. The predicted molar refractivity (Wildman–Crippen MR) is 62.0 cm³/mol. The van der Waals surface area contributed by atoms with Crippen molar-refractivity contribution in [3.8, 4) is 0 Å². The molecule has 88 valence electrons. The third-order valence-corrected chi connectivity index (χ3v) is 3.41. The van der Waals surface area contributed by atoms with Crippen molar-refractivity contribution in [2.45, 2.75) is 31.7 Å². The summed E-state index contributed by atoms with van der Waals surface area (Å²) in [6.45, 7) is 0. The van der Waals surface area contributed by atoms with Gasteiger partial charge in [0.15, 0.2) is 0 Å². The first-order chi connectivity index (χ1) is 7.61. The van der Waals surface area contributed by atoms with Crippen LogP contribution < -0.4 is 5.73 Å². The second-order valence-corrected chi connectivity index (χ2v) is 4.42. The first-order valence-electron chi connectivity index (χ1n) is 5.66. The number of nitrogens with zero attached hydrogens (tertiary/aromatic N) is 3. The molecule has 0 radical (unpaired) electrons. The molecule has 16 heavy (non-hydrogen) atoms. The summed E-state index contributed by atoms with van der Waals surface area (Å²) in [5.74, 6) is 0.423. The Morgan fingerprint density at radius 1 is 1.56 bits per heavy atom. The predicted octanol–water partition coefficient (Wildman–Crippen LogP) is 1.02. The van der Waals surface area contributed by atoms with Gasteiger partial charge < -0.3 is 10.6 Å². The minimum Gasteiger partial charge on any atom is -0.383 e. The topological polar surface area (TPSA) is 64.2 Å². The van der Waals surface area contributed by atoms with E-state index in [4.69, 9.17) is 5.73 Å². The van der Waals surface area contributed by atoms with Crippen LogP contribution in [0.5, 0.6) is 0 Å². The lowest BCUT2D eigenvalue weighted by Crippen LogP contribution is -2.35. The summed E-state index contributed by atoms with van der Waals surface area (Å²) in [5, 5.41) is 3.99. The average Bonchev–Trinajstić information content (AvgIpc) is 2.89. The van der Waals surface area contributed by atoms with Gasteiger partial charge >= 0.3 is 0 Å². The highest BCUT2D eigenvalue weighted by Crippen LogP contribution is 2.24. The van der Waals surface area contributed by atoms with E-state index >= 15 is 0 Å². The van der Waals surface area contributed by atoms with Crippen LogP contribution in [-0.2, 0) is 7.05 Å². The molecule has 5 heteroatoms. The number of hydrogen-bond donors (Lipinski definition) is 1. The Morgan fingerprint density at radius 3 is 2.69 bits per heavy atom. The molecule has 0 bridgehead atoms. The van der Waals surface area contributed by atoms with E-state index in [-0.39, 0.29) is 5.91 Å². The van der Waals surface area contributed by atoms with Crippen LogP contribution in [0.3, 0.4) is 0 Å². The highest BCUT2D eigenvalue weighted by Gasteiger charge is 2.26. The fourth-order valence-electron chi connectivity index (χ4n) is 2.26. The quantitative estimate of drug-likeness (QED) is 0.812. The van der Waals surface area contributed by atoms with Crippen molar-refractivity contribution < 1.29 is 4.79 Å². The molecular weight excluding hydrogens is 204 g/mol. The number of aryl methyl sites for hydroxylation is 1. The molecule has 5 nitrogen and oxygen atoms in total. The lowest BCUT2D eigenvalue weighted by molar-refractivity contribution is 0.0736. The van der Waals surface area contributed by atoms with E-state index in [2.05, 4.69) is 5.10 Å². The van der Waals surface area contributed by atoms with Gasteiger partial charge in [0.05, 0.1) is 6.20 Å². The number of carbonyl (C=O) groups excluding carboxylic acids is 1. The van der Waals surface area contributed by atoms with Crippen molar-refractivity contribution >= 4 is 11.7 Å². The molecule has 1 aromatic rings. The SMILES string of the molecule is CN(C(=O)c1cnn(C)c1N)C1CCCC1. The fourth-order valence-corrected chi connectivity index (χ4v) is 2.26. The van der Waals surface area contributed by atoms with E-state index < -0.39 is 0 Å². The van der Waals surface area contributed by atoms with Gasteiger partial charge in [0.25, 0.3) is 5.91 Å². The summed E-state index contributed by atoms with van der Waals surface area (Å²) in [5.41, 5.74) is 6.30. The lowest BCUT2D eigenvalue weighted by Gasteiger charge is -2.23. The summed E-state index contributed by atoms with van der Waals surface area (Å²) in [4.78, 5) is 14.0. The van der Waals surface area contributed by atoms with Crippen molar-refractivity contribution in [2.75, 3.05) is 12.8 Å². The van der Waals surface area contributed by atoms with E-state index in [1.807, 2.05) is 7.05 Å². The molecule has 2 rings (SSSR count). The summed E-state index contributed by atoms with van der Waals surface area (Å²) < 4.78 is 1.52. The van der Waals surface area contributed by atoms with E-state index in [0.717, 1.165) is 12.8 Å². The Bertz CT molecular complexity index is 393. The minimum absolute atomic E-state index is 0.0162. The number of nitrogens with two attached hydrogens (primary N) is 1. The molecular formula is C11H18N4O. The second kappa shape index (κ2) is 4.15. The van der Waals surface area contributed by atoms with Gasteiger partial charge in [-0.1, -0.05) is 12.8 Å². The van der Waals surface area contributed by atoms with Gasteiger partial charge in [-0.25, -0.2) is 0 Å². The van der Waals surface area contributed by atoms with Gasteiger partial charge in [-0.05, 0) is 12.8 Å². The van der Waals surface area contributed by atoms with Crippen molar-refractivity contribution in [2.24, 2.45) is 7.05 Å². The largest absolute Gasteiger partial charge is 0.383 e. The molecule has 0 unspecified atom stereocenters. The molecule has 0 saturated heterocycles. The molecule has 1 aliphatic carbocycles. The van der Waals surface area contributed by atoms with Crippen LogP contribution in [0.4, 0.5) is 5.82 Å². The number of amides is 1. The Kier molecular flexibility index (Phi) is 2.85. The van der Waals surface area contributed by atoms with Crippen molar-refractivity contribution in [1.82, 2.24) is 14.7 Å². The van der Waals surface area contributed by atoms with Crippen LogP contribution >= 0.6 is 0 Å². The normalized spacial score (nSPS) is 16.6. The van der Waals surface area contributed by atoms with Crippen molar-refractivity contribution in [3.63, 3.8) is 0 Å². The first-order valence-corrected chi connectivity index (χ1v) is 5.66. The number of anilines is 1. The van der Waals surface area contributed by atoms with Gasteiger partial charge in [-0.2, -0.15) is 5.10 Å². The lowest BCUT2D eigenvalue weighted by atomic mass is 10.2. The molecule has 1 fully saturated rings. The number of hydrogen-bond acceptors (Lipinski definition) is 3. The molecule has 1 heterocycles. The van der Waals surface area contributed by atoms with Crippen LogP contribution in [0.25, 0.3) is 0 Å². The maximum Gasteiger partial charge on any atom is 0.259 e. The van der Waals surface area contributed by atoms with Gasteiger partial charge in [-0.15, -0.1) is 0 Å². The zero-order valence-electron chi connectivity index (χ0n) is 9.81. The second-order valence-electron chi connectivity index (χ2n) is 4.42. The van der Waals surface area contributed by atoms with Crippen LogP contribution in [0, 0.1) is 0 Å². The van der Waals surface area contributed by atoms with Gasteiger partial charge in [-0.3, -0.25) is 9.48 Å². The Morgan fingerprint density at radius 2 is 2.19 bits per heavy atom. The third kappa shape index (κ3) is 1.77. The van der Waals surface area contributed by atoms with E-state index in [0.29, 0.717) is 17.4 Å². The molecule has 0 aliphatic heterocycles. The number of nitrogen functional groups attached to an aromatic ring is 1. The molecule has 1 saturated carbocycles. The van der Waals surface area contributed by atoms with E-state index in [9.17, 15) is 4.79 Å². The van der Waals surface area contributed by atoms with Crippen LogP contribution in [0.1, 0.15) is 36.0 Å². The van der Waals surface area contributed by atoms with Crippen molar-refractivity contribution in [1.29, 1.82) is 0 Å². The third-order valence-electron chi connectivity index (χ3n) is 3.41. The monoisotopic (exact) mass is 222 g/mol. The number of rotatable bonds is 2. The zero-order valence-corrected chi connectivity index (χ0v) is 9.81. The molecule has 1 aromatic heterocycles. The summed E-state index contributed by atoms with van der Waals surface area (Å²) in [7, 11) is 3.59. The Labute approximate surface area is 95.2 Å². The van der Waals surface area contributed by atoms with Gasteiger partial charge in [0, 0.05) is 20.1 Å². The Hall–Kier alpha value is -1.52. The van der Waals surface area contributed by atoms with Crippen LogP contribution in [-0.4, -0.2) is 33.7 Å². The van der Waals surface area contributed by atoms with E-state index in [1.165, 1.54) is 17.5 Å². The molecule has 1 amide bonds. The fraction of sp³-hybridized carbons (Fsp3) is 0.636. The molecule has 0 atom stereocenters. The van der Waals surface area contributed by atoms with E-state index in [1.54, 1.807) is 18.1 Å². The molecule has 0 spiro atoms. The maximum absolute atomic E-state index is 12.2. The van der Waals surface area contributed by atoms with Gasteiger partial charge in [0.2, 0.25) is 0 Å². The van der Waals surface area contributed by atoms with Crippen LogP contribution in [0.15, 0.2) is 6.20 Å². The average molecular weight is 222 g/mol. The minimum atomic E-state index is -0.0162.